The Labute approximate surface area is 190 Å². The first kappa shape index (κ1) is 21.2. The van der Waals surface area contributed by atoms with Crippen LogP contribution in [0.15, 0.2) is 69.0 Å². The van der Waals surface area contributed by atoms with Crippen LogP contribution in [-0.2, 0) is 6.54 Å². The molecule has 0 aliphatic carbocycles. The van der Waals surface area contributed by atoms with Crippen molar-refractivity contribution in [1.29, 1.82) is 0 Å². The van der Waals surface area contributed by atoms with Crippen LogP contribution in [0.2, 0.25) is 0 Å². The highest BCUT2D eigenvalue weighted by Crippen LogP contribution is 2.20. The molecule has 0 fully saturated rings. The zero-order valence-electron chi connectivity index (χ0n) is 18.1. The first-order chi connectivity index (χ1) is 14.8. The monoisotopic (exact) mass is 476 g/mol. The maximum Gasteiger partial charge on any atom is 0.282 e. The number of rotatable bonds is 5. The Balaban J connectivity index is 1.77. The van der Waals surface area contributed by atoms with Gasteiger partial charge in [0.05, 0.1) is 17.1 Å². The van der Waals surface area contributed by atoms with Gasteiger partial charge in [-0.05, 0) is 43.7 Å². The van der Waals surface area contributed by atoms with E-state index in [1.165, 1.54) is 10.2 Å². The Morgan fingerprint density at radius 3 is 2.55 bits per heavy atom. The van der Waals surface area contributed by atoms with Crippen molar-refractivity contribution in [3.05, 3.63) is 97.8 Å². The third-order valence-corrected chi connectivity index (χ3v) is 5.95. The smallest absolute Gasteiger partial charge is 0.282 e. The summed E-state index contributed by atoms with van der Waals surface area (Å²) in [5.41, 5.74) is 5.02. The highest BCUT2D eigenvalue weighted by molar-refractivity contribution is 9.10. The first-order valence-corrected chi connectivity index (χ1v) is 11.1. The van der Waals surface area contributed by atoms with E-state index in [0.717, 1.165) is 28.0 Å². The minimum Gasteiger partial charge on any atom is -0.344 e. The molecule has 31 heavy (non-hydrogen) atoms. The maximum atomic E-state index is 13.2. The van der Waals surface area contributed by atoms with Crippen LogP contribution in [0.5, 0.6) is 0 Å². The molecule has 4 aromatic rings. The van der Waals surface area contributed by atoms with E-state index in [4.69, 9.17) is 4.98 Å². The fourth-order valence-corrected chi connectivity index (χ4v) is 4.10. The van der Waals surface area contributed by atoms with Gasteiger partial charge in [-0.25, -0.2) is 4.98 Å². The summed E-state index contributed by atoms with van der Waals surface area (Å²) < 4.78 is 4.54. The molecule has 0 spiro atoms. The summed E-state index contributed by atoms with van der Waals surface area (Å²) in [4.78, 5) is 17.9. The molecule has 0 unspecified atom stereocenters. The summed E-state index contributed by atoms with van der Waals surface area (Å²) in [6.07, 6.45) is 1.77. The summed E-state index contributed by atoms with van der Waals surface area (Å²) in [5.74, 6) is 0.706. The Bertz CT molecular complexity index is 1330. The van der Waals surface area contributed by atoms with Crippen LogP contribution in [0.1, 0.15) is 48.1 Å². The summed E-state index contributed by atoms with van der Waals surface area (Å²) in [7, 11) is 0. The summed E-state index contributed by atoms with van der Waals surface area (Å²) in [6.45, 7) is 9.01. The predicted octanol–water partition coefficient (Wildman–Crippen LogP) is 5.63. The van der Waals surface area contributed by atoms with Gasteiger partial charge < -0.3 is 4.57 Å². The van der Waals surface area contributed by atoms with Gasteiger partial charge in [0.15, 0.2) is 0 Å². The Kier molecular flexibility index (Phi) is 5.92. The van der Waals surface area contributed by atoms with E-state index in [0.29, 0.717) is 16.7 Å². The number of halogens is 1. The SMILES string of the molecule is Cc1cc(C=Nn2c(C(C)C)nc3ccc(Br)cc3c2=O)c(C)n1Cc1ccccc1. The molecule has 0 atom stereocenters. The maximum absolute atomic E-state index is 13.2. The number of hydrogen-bond acceptors (Lipinski definition) is 3. The van der Waals surface area contributed by atoms with Gasteiger partial charge in [0.1, 0.15) is 5.82 Å². The lowest BCUT2D eigenvalue weighted by Crippen LogP contribution is -2.23. The molecule has 0 amide bonds. The van der Waals surface area contributed by atoms with Gasteiger partial charge in [0.2, 0.25) is 0 Å². The van der Waals surface area contributed by atoms with Gasteiger partial charge in [0.25, 0.3) is 5.56 Å². The van der Waals surface area contributed by atoms with Crippen LogP contribution in [0.25, 0.3) is 10.9 Å². The molecule has 2 aromatic heterocycles. The van der Waals surface area contributed by atoms with Crippen molar-refractivity contribution >= 4 is 33.0 Å². The van der Waals surface area contributed by atoms with Crippen LogP contribution in [0, 0.1) is 13.8 Å². The van der Waals surface area contributed by atoms with Gasteiger partial charge in [-0.3, -0.25) is 4.79 Å². The second-order valence-corrected chi connectivity index (χ2v) is 8.96. The van der Waals surface area contributed by atoms with E-state index < -0.39 is 0 Å². The van der Waals surface area contributed by atoms with E-state index >= 15 is 0 Å². The molecule has 2 heterocycles. The lowest BCUT2D eigenvalue weighted by atomic mass is 10.2. The lowest BCUT2D eigenvalue weighted by molar-refractivity contribution is 0.665. The molecular weight excluding hydrogens is 452 g/mol. The predicted molar refractivity (Wildman–Crippen MR) is 130 cm³/mol. The number of benzene rings is 2. The summed E-state index contributed by atoms with van der Waals surface area (Å²) >= 11 is 3.44. The molecule has 0 aliphatic heterocycles. The van der Waals surface area contributed by atoms with Gasteiger partial charge >= 0.3 is 0 Å². The Morgan fingerprint density at radius 1 is 1.10 bits per heavy atom. The van der Waals surface area contributed by atoms with Crippen LogP contribution < -0.4 is 5.56 Å². The molecule has 158 valence electrons. The van der Waals surface area contributed by atoms with Crippen molar-refractivity contribution in [2.24, 2.45) is 5.10 Å². The Morgan fingerprint density at radius 2 is 1.84 bits per heavy atom. The van der Waals surface area contributed by atoms with Crippen molar-refractivity contribution in [3.8, 4) is 0 Å². The normalized spacial score (nSPS) is 11.8. The van der Waals surface area contributed by atoms with Crippen molar-refractivity contribution in [2.75, 3.05) is 0 Å². The fourth-order valence-electron chi connectivity index (χ4n) is 3.74. The largest absolute Gasteiger partial charge is 0.344 e. The van der Waals surface area contributed by atoms with Crippen molar-refractivity contribution < 1.29 is 0 Å². The number of aryl methyl sites for hydroxylation is 1. The quantitative estimate of drug-likeness (QED) is 0.350. The molecule has 0 bridgehead atoms. The average molecular weight is 477 g/mol. The zero-order chi connectivity index (χ0) is 22.1. The van der Waals surface area contributed by atoms with Crippen LogP contribution >= 0.6 is 15.9 Å². The van der Waals surface area contributed by atoms with E-state index in [2.05, 4.69) is 69.8 Å². The molecular formula is C25H25BrN4O. The molecule has 6 heteroatoms. The molecule has 5 nitrogen and oxygen atoms in total. The highest BCUT2D eigenvalue weighted by atomic mass is 79.9. The molecule has 2 aromatic carbocycles. The number of hydrogen-bond donors (Lipinski definition) is 0. The molecule has 0 N–H and O–H groups in total. The molecule has 0 saturated heterocycles. The fraction of sp³-hybridized carbons (Fsp3) is 0.240. The van der Waals surface area contributed by atoms with Gasteiger partial charge in [-0.1, -0.05) is 60.1 Å². The third-order valence-electron chi connectivity index (χ3n) is 5.46. The van der Waals surface area contributed by atoms with E-state index in [-0.39, 0.29) is 11.5 Å². The number of nitrogens with zero attached hydrogens (tertiary/aromatic N) is 4. The molecule has 0 aliphatic rings. The topological polar surface area (TPSA) is 52.2 Å². The van der Waals surface area contributed by atoms with Crippen molar-refractivity contribution in [1.82, 2.24) is 14.2 Å². The van der Waals surface area contributed by atoms with Gasteiger partial charge in [-0.15, -0.1) is 0 Å². The summed E-state index contributed by atoms with van der Waals surface area (Å²) in [5, 5.41) is 5.13. The van der Waals surface area contributed by atoms with Crippen molar-refractivity contribution in [3.63, 3.8) is 0 Å². The highest BCUT2D eigenvalue weighted by Gasteiger charge is 2.14. The van der Waals surface area contributed by atoms with Gasteiger partial charge in [0, 0.05) is 33.9 Å². The van der Waals surface area contributed by atoms with Gasteiger partial charge in [-0.2, -0.15) is 9.78 Å². The van der Waals surface area contributed by atoms with Crippen LogP contribution in [-0.4, -0.2) is 20.4 Å². The molecule has 0 radical (unpaired) electrons. The Hall–Kier alpha value is -2.99. The minimum atomic E-state index is -0.163. The van der Waals surface area contributed by atoms with E-state index in [1.54, 1.807) is 12.3 Å². The third kappa shape index (κ3) is 4.26. The first-order valence-electron chi connectivity index (χ1n) is 10.3. The summed E-state index contributed by atoms with van der Waals surface area (Å²) in [6, 6.07) is 18.0. The lowest BCUT2D eigenvalue weighted by Gasteiger charge is -2.12. The minimum absolute atomic E-state index is 0.0587. The van der Waals surface area contributed by atoms with E-state index in [1.807, 2.05) is 32.0 Å². The second kappa shape index (κ2) is 8.63. The van der Waals surface area contributed by atoms with Crippen molar-refractivity contribution in [2.45, 2.75) is 40.2 Å². The zero-order valence-corrected chi connectivity index (χ0v) is 19.7. The number of fused-ring (bicyclic) bond motifs is 1. The number of aromatic nitrogens is 3. The average Bonchev–Trinajstić information content (AvgIpc) is 3.01. The van der Waals surface area contributed by atoms with Crippen LogP contribution in [0.3, 0.4) is 0 Å². The molecule has 4 rings (SSSR count). The molecule has 0 saturated carbocycles. The van der Waals surface area contributed by atoms with E-state index in [9.17, 15) is 4.79 Å². The van der Waals surface area contributed by atoms with Crippen LogP contribution in [0.4, 0.5) is 0 Å². The standard InChI is InChI=1S/C25H25BrN4O/c1-16(2)24-28-23-11-10-21(26)13-22(23)25(31)30(24)27-14-20-12-17(3)29(18(20)4)15-19-8-6-5-7-9-19/h5-14,16H,15H2,1-4H3. The second-order valence-electron chi connectivity index (χ2n) is 8.05.